The molecular weight excluding hydrogens is 363 g/mol. The van der Waals surface area contributed by atoms with Gasteiger partial charge in [0, 0.05) is 12.2 Å². The quantitative estimate of drug-likeness (QED) is 0.527. The summed E-state index contributed by atoms with van der Waals surface area (Å²) in [6.07, 6.45) is 2.51. The maximum absolute atomic E-state index is 13.3. The van der Waals surface area contributed by atoms with Gasteiger partial charge in [0.25, 0.3) is 5.91 Å². The number of benzene rings is 2. The molecule has 0 aromatic heterocycles. The summed E-state index contributed by atoms with van der Waals surface area (Å²) < 4.78 is 19.0. The molecule has 1 aliphatic rings. The number of anilines is 1. The number of carbonyl (C=O) groups excluding carboxylic acids is 2. The average Bonchev–Trinajstić information content (AvgIpc) is 3.22. The highest BCUT2D eigenvalue weighted by Gasteiger charge is 2.29. The molecule has 2 atom stereocenters. The van der Waals surface area contributed by atoms with Crippen molar-refractivity contribution in [2.45, 2.75) is 25.0 Å². The van der Waals surface area contributed by atoms with E-state index in [1.807, 2.05) is 0 Å². The lowest BCUT2D eigenvalue weighted by molar-refractivity contribution is -0.111. The number of nitrogens with one attached hydrogen (secondary N) is 2. The number of phenolic OH excluding ortho intramolecular Hbond substituents is 1. The molecule has 6 nitrogen and oxygen atoms in total. The molecule has 1 fully saturated rings. The van der Waals surface area contributed by atoms with Crippen LogP contribution in [0.4, 0.5) is 10.1 Å². The molecular formula is C21H21FN2O4. The van der Waals surface area contributed by atoms with Crippen molar-refractivity contribution in [1.29, 1.82) is 0 Å². The van der Waals surface area contributed by atoms with E-state index in [1.54, 1.807) is 12.1 Å². The first-order valence-electron chi connectivity index (χ1n) is 8.92. The van der Waals surface area contributed by atoms with Gasteiger partial charge in [-0.25, -0.2) is 4.39 Å². The van der Waals surface area contributed by atoms with Gasteiger partial charge in [-0.1, -0.05) is 18.7 Å². The monoisotopic (exact) mass is 384 g/mol. The zero-order valence-electron chi connectivity index (χ0n) is 15.2. The highest BCUT2D eigenvalue weighted by molar-refractivity contribution is 6.02. The molecule has 3 rings (SSSR count). The number of halogens is 1. The molecule has 1 heterocycles. The third kappa shape index (κ3) is 4.55. The van der Waals surface area contributed by atoms with Gasteiger partial charge in [0.1, 0.15) is 11.6 Å². The van der Waals surface area contributed by atoms with E-state index in [0.29, 0.717) is 6.61 Å². The molecule has 2 amide bonds. The van der Waals surface area contributed by atoms with Crippen LogP contribution in [0.2, 0.25) is 0 Å². The van der Waals surface area contributed by atoms with Crippen molar-refractivity contribution < 1.29 is 23.8 Å². The average molecular weight is 384 g/mol. The minimum atomic E-state index is -0.503. The molecule has 1 aliphatic heterocycles. The molecule has 2 aromatic rings. The van der Waals surface area contributed by atoms with E-state index in [0.717, 1.165) is 24.5 Å². The second-order valence-corrected chi connectivity index (χ2v) is 6.48. The second kappa shape index (κ2) is 8.67. The Morgan fingerprint density at radius 3 is 2.64 bits per heavy atom. The van der Waals surface area contributed by atoms with Crippen molar-refractivity contribution >= 4 is 17.5 Å². The van der Waals surface area contributed by atoms with Gasteiger partial charge in [-0.3, -0.25) is 9.59 Å². The largest absolute Gasteiger partial charge is 0.506 e. The Bertz CT molecular complexity index is 876. The number of phenols is 1. The molecule has 0 aliphatic carbocycles. The number of ether oxygens (including phenoxy) is 1. The van der Waals surface area contributed by atoms with Gasteiger partial charge in [0.2, 0.25) is 5.91 Å². The van der Waals surface area contributed by atoms with Crippen molar-refractivity contribution in [2.24, 2.45) is 0 Å². The maximum Gasteiger partial charge on any atom is 0.251 e. The van der Waals surface area contributed by atoms with E-state index < -0.39 is 17.9 Å². The molecule has 2 aromatic carbocycles. The summed E-state index contributed by atoms with van der Waals surface area (Å²) in [6.45, 7) is 3.96. The van der Waals surface area contributed by atoms with Gasteiger partial charge in [-0.15, -0.1) is 0 Å². The minimum absolute atomic E-state index is 0.105. The van der Waals surface area contributed by atoms with Gasteiger partial charge < -0.3 is 20.5 Å². The van der Waals surface area contributed by atoms with Crippen LogP contribution < -0.4 is 10.6 Å². The van der Waals surface area contributed by atoms with Gasteiger partial charge in [-0.05, 0) is 54.8 Å². The van der Waals surface area contributed by atoms with Crippen LogP contribution >= 0.6 is 0 Å². The Hall–Kier alpha value is -3.19. The lowest BCUT2D eigenvalue weighted by atomic mass is 9.98. The summed E-state index contributed by atoms with van der Waals surface area (Å²) >= 11 is 0. The van der Waals surface area contributed by atoms with Crippen molar-refractivity contribution in [1.82, 2.24) is 5.32 Å². The number of hydrogen-bond donors (Lipinski definition) is 3. The van der Waals surface area contributed by atoms with Gasteiger partial charge in [0.05, 0.1) is 17.8 Å². The third-order valence-electron chi connectivity index (χ3n) is 4.55. The smallest absolute Gasteiger partial charge is 0.251 e. The highest BCUT2D eigenvalue weighted by Crippen LogP contribution is 2.29. The van der Waals surface area contributed by atoms with Crippen LogP contribution in [0.15, 0.2) is 55.1 Å². The summed E-state index contributed by atoms with van der Waals surface area (Å²) in [5.74, 6) is -1.43. The van der Waals surface area contributed by atoms with Crippen molar-refractivity contribution in [3.63, 3.8) is 0 Å². The summed E-state index contributed by atoms with van der Waals surface area (Å²) in [6, 6.07) is 9.63. The number of aromatic hydroxyl groups is 1. The molecule has 0 spiro atoms. The summed E-state index contributed by atoms with van der Waals surface area (Å²) in [7, 11) is 0. The first-order chi connectivity index (χ1) is 13.5. The fourth-order valence-corrected chi connectivity index (χ4v) is 3.11. The second-order valence-electron chi connectivity index (χ2n) is 6.48. The van der Waals surface area contributed by atoms with Crippen LogP contribution in [0.5, 0.6) is 5.75 Å². The van der Waals surface area contributed by atoms with Crippen LogP contribution in [0.1, 0.15) is 34.8 Å². The highest BCUT2D eigenvalue weighted by atomic mass is 19.1. The standard InChI is InChI=1S/C21H21FN2O4/c1-2-19(26)23-16-12-14(7-10-17(16)25)21(27)24-20(18-4-3-11-28-18)13-5-8-15(22)9-6-13/h2,5-10,12,18,20,25H,1,3-4,11H2,(H,23,26)(H,24,27). The summed E-state index contributed by atoms with van der Waals surface area (Å²) in [5, 5.41) is 15.3. The van der Waals surface area contributed by atoms with Crippen LogP contribution in [0.3, 0.4) is 0 Å². The Labute approximate surface area is 162 Å². The first kappa shape index (κ1) is 19.6. The molecule has 3 N–H and O–H groups in total. The van der Waals surface area contributed by atoms with Gasteiger partial charge in [0.15, 0.2) is 0 Å². The molecule has 0 radical (unpaired) electrons. The van der Waals surface area contributed by atoms with Crippen LogP contribution in [-0.2, 0) is 9.53 Å². The van der Waals surface area contributed by atoms with Crippen molar-refractivity contribution in [3.8, 4) is 5.75 Å². The Morgan fingerprint density at radius 2 is 2.00 bits per heavy atom. The molecule has 0 bridgehead atoms. The van der Waals surface area contributed by atoms with Crippen LogP contribution in [0, 0.1) is 5.82 Å². The van der Waals surface area contributed by atoms with E-state index in [-0.39, 0.29) is 28.9 Å². The Kier molecular flexibility index (Phi) is 6.06. The number of hydrogen-bond acceptors (Lipinski definition) is 4. The minimum Gasteiger partial charge on any atom is -0.506 e. The SMILES string of the molecule is C=CC(=O)Nc1cc(C(=O)NC(c2ccc(F)cc2)C2CCCO2)ccc1O. The van der Waals surface area contributed by atoms with E-state index in [2.05, 4.69) is 17.2 Å². The molecule has 1 saturated heterocycles. The lowest BCUT2D eigenvalue weighted by Crippen LogP contribution is -2.36. The van der Waals surface area contributed by atoms with Crippen molar-refractivity contribution in [2.75, 3.05) is 11.9 Å². The van der Waals surface area contributed by atoms with Crippen molar-refractivity contribution in [3.05, 3.63) is 72.1 Å². The summed E-state index contributed by atoms with van der Waals surface area (Å²) in [5.41, 5.74) is 1.09. The fraction of sp³-hybridized carbons (Fsp3) is 0.238. The van der Waals surface area contributed by atoms with E-state index in [9.17, 15) is 19.1 Å². The molecule has 7 heteroatoms. The molecule has 0 saturated carbocycles. The Morgan fingerprint density at radius 1 is 1.25 bits per heavy atom. The van der Waals surface area contributed by atoms with E-state index in [4.69, 9.17) is 4.74 Å². The fourth-order valence-electron chi connectivity index (χ4n) is 3.11. The molecule has 146 valence electrons. The zero-order valence-corrected chi connectivity index (χ0v) is 15.2. The van der Waals surface area contributed by atoms with Gasteiger partial charge in [-0.2, -0.15) is 0 Å². The topological polar surface area (TPSA) is 87.7 Å². The summed E-state index contributed by atoms with van der Waals surface area (Å²) in [4.78, 5) is 24.3. The predicted octanol–water partition coefficient (Wildman–Crippen LogP) is 3.31. The first-order valence-corrected chi connectivity index (χ1v) is 8.92. The third-order valence-corrected chi connectivity index (χ3v) is 4.55. The van der Waals surface area contributed by atoms with Crippen LogP contribution in [0.25, 0.3) is 0 Å². The molecule has 2 unspecified atom stereocenters. The number of carbonyl (C=O) groups is 2. The normalized spacial score (nSPS) is 17.0. The zero-order chi connectivity index (χ0) is 20.1. The predicted molar refractivity (Wildman–Crippen MR) is 103 cm³/mol. The lowest BCUT2D eigenvalue weighted by Gasteiger charge is -2.25. The van der Waals surface area contributed by atoms with E-state index in [1.165, 1.54) is 30.3 Å². The maximum atomic E-state index is 13.3. The number of rotatable bonds is 6. The van der Waals surface area contributed by atoms with E-state index >= 15 is 0 Å². The molecule has 28 heavy (non-hydrogen) atoms. The Balaban J connectivity index is 1.83. The number of amides is 2. The van der Waals surface area contributed by atoms with Crippen LogP contribution in [-0.4, -0.2) is 29.6 Å². The van der Waals surface area contributed by atoms with Gasteiger partial charge >= 0.3 is 0 Å².